The number of nitriles is 1. The van der Waals surface area contributed by atoms with Crippen LogP contribution in [0, 0.1) is 25.2 Å². The summed E-state index contributed by atoms with van der Waals surface area (Å²) in [5.41, 5.74) is 11.9. The number of aromatic nitrogens is 2. The standard InChI is InChI=1S/C19H16N4/c1-12-6-7-14(13(2)9-12)15-10-18(17-5-3-4-8-22-17)23-19(21)16(15)11-20/h3-10H,1-2H3,(H2,21,23). The maximum Gasteiger partial charge on any atom is 0.142 e. The Morgan fingerprint density at radius 1 is 1.00 bits per heavy atom. The first-order valence-corrected chi connectivity index (χ1v) is 7.30. The summed E-state index contributed by atoms with van der Waals surface area (Å²) in [4.78, 5) is 8.66. The molecule has 2 N–H and O–H groups in total. The van der Waals surface area contributed by atoms with Gasteiger partial charge in [-0.3, -0.25) is 4.98 Å². The number of benzene rings is 1. The van der Waals surface area contributed by atoms with E-state index in [4.69, 9.17) is 5.73 Å². The quantitative estimate of drug-likeness (QED) is 0.779. The van der Waals surface area contributed by atoms with E-state index in [1.165, 1.54) is 5.56 Å². The van der Waals surface area contributed by atoms with Crippen LogP contribution >= 0.6 is 0 Å². The summed E-state index contributed by atoms with van der Waals surface area (Å²) in [5, 5.41) is 9.48. The molecular weight excluding hydrogens is 284 g/mol. The number of hydrogen-bond donors (Lipinski definition) is 1. The number of hydrogen-bond acceptors (Lipinski definition) is 4. The maximum absolute atomic E-state index is 9.48. The van der Waals surface area contributed by atoms with Gasteiger partial charge in [-0.2, -0.15) is 5.26 Å². The van der Waals surface area contributed by atoms with Gasteiger partial charge in [0.1, 0.15) is 17.5 Å². The Bertz CT molecular complexity index is 909. The highest BCUT2D eigenvalue weighted by Crippen LogP contribution is 2.32. The minimum atomic E-state index is 0.227. The second kappa shape index (κ2) is 5.90. The number of nitrogens with zero attached hydrogens (tertiary/aromatic N) is 3. The molecule has 1 aromatic carbocycles. The lowest BCUT2D eigenvalue weighted by molar-refractivity contribution is 1.24. The molecule has 0 aliphatic rings. The third kappa shape index (κ3) is 2.77. The van der Waals surface area contributed by atoms with Crippen molar-refractivity contribution in [2.24, 2.45) is 0 Å². The average molecular weight is 300 g/mol. The number of nitrogens with two attached hydrogens (primary N) is 1. The summed E-state index contributed by atoms with van der Waals surface area (Å²) in [6, 6.07) is 15.8. The van der Waals surface area contributed by atoms with Crippen LogP contribution in [0.4, 0.5) is 5.82 Å². The van der Waals surface area contributed by atoms with Gasteiger partial charge in [-0.1, -0.05) is 29.8 Å². The van der Waals surface area contributed by atoms with Crippen molar-refractivity contribution in [3.8, 4) is 28.6 Å². The van der Waals surface area contributed by atoms with Gasteiger partial charge < -0.3 is 5.73 Å². The van der Waals surface area contributed by atoms with Crippen LogP contribution in [0.5, 0.6) is 0 Å². The van der Waals surface area contributed by atoms with E-state index in [1.807, 2.05) is 50.2 Å². The lowest BCUT2D eigenvalue weighted by atomic mass is 9.95. The van der Waals surface area contributed by atoms with Crippen LogP contribution in [0.25, 0.3) is 22.5 Å². The molecule has 0 fully saturated rings. The van der Waals surface area contributed by atoms with Crippen molar-refractivity contribution in [2.75, 3.05) is 5.73 Å². The van der Waals surface area contributed by atoms with Crippen LogP contribution in [0.15, 0.2) is 48.7 Å². The van der Waals surface area contributed by atoms with E-state index in [9.17, 15) is 5.26 Å². The Kier molecular flexibility index (Phi) is 3.78. The molecule has 3 aromatic rings. The largest absolute Gasteiger partial charge is 0.383 e. The van der Waals surface area contributed by atoms with E-state index in [0.717, 1.165) is 22.4 Å². The number of nitrogen functional groups attached to an aromatic ring is 1. The predicted octanol–water partition coefficient (Wildman–Crippen LogP) is 3.88. The van der Waals surface area contributed by atoms with Gasteiger partial charge in [0.05, 0.1) is 11.4 Å². The first kappa shape index (κ1) is 14.7. The Balaban J connectivity index is 2.27. The van der Waals surface area contributed by atoms with Crippen molar-refractivity contribution in [3.63, 3.8) is 0 Å². The highest BCUT2D eigenvalue weighted by Gasteiger charge is 2.15. The highest BCUT2D eigenvalue weighted by molar-refractivity contribution is 5.81. The molecular formula is C19H16N4. The second-order valence-corrected chi connectivity index (χ2v) is 5.46. The van der Waals surface area contributed by atoms with Gasteiger partial charge in [-0.15, -0.1) is 0 Å². The molecule has 2 aromatic heterocycles. The van der Waals surface area contributed by atoms with Gasteiger partial charge in [0.25, 0.3) is 0 Å². The van der Waals surface area contributed by atoms with E-state index in [-0.39, 0.29) is 5.82 Å². The normalized spacial score (nSPS) is 10.3. The minimum absolute atomic E-state index is 0.227. The van der Waals surface area contributed by atoms with E-state index in [2.05, 4.69) is 22.1 Å². The third-order valence-corrected chi connectivity index (χ3v) is 3.76. The fourth-order valence-corrected chi connectivity index (χ4v) is 2.66. The third-order valence-electron chi connectivity index (χ3n) is 3.76. The summed E-state index contributed by atoms with van der Waals surface area (Å²) in [7, 11) is 0. The van der Waals surface area contributed by atoms with Crippen LogP contribution in [-0.4, -0.2) is 9.97 Å². The van der Waals surface area contributed by atoms with Gasteiger partial charge in [0.2, 0.25) is 0 Å². The average Bonchev–Trinajstić information content (AvgIpc) is 2.55. The number of pyridine rings is 2. The van der Waals surface area contributed by atoms with E-state index in [1.54, 1.807) is 6.20 Å². The zero-order chi connectivity index (χ0) is 16.4. The fourth-order valence-electron chi connectivity index (χ4n) is 2.66. The Labute approximate surface area is 135 Å². The van der Waals surface area contributed by atoms with Crippen LogP contribution < -0.4 is 5.73 Å². The molecule has 0 spiro atoms. The number of aryl methyl sites for hydroxylation is 2. The van der Waals surface area contributed by atoms with E-state index in [0.29, 0.717) is 11.3 Å². The second-order valence-electron chi connectivity index (χ2n) is 5.46. The predicted molar refractivity (Wildman–Crippen MR) is 91.5 cm³/mol. The Morgan fingerprint density at radius 2 is 1.83 bits per heavy atom. The first-order chi connectivity index (χ1) is 11.1. The summed E-state index contributed by atoms with van der Waals surface area (Å²) in [6.45, 7) is 4.07. The molecule has 4 nitrogen and oxygen atoms in total. The SMILES string of the molecule is Cc1ccc(-c2cc(-c3ccccn3)nc(N)c2C#N)c(C)c1. The summed E-state index contributed by atoms with van der Waals surface area (Å²) >= 11 is 0. The van der Waals surface area contributed by atoms with Crippen molar-refractivity contribution >= 4 is 5.82 Å². The van der Waals surface area contributed by atoms with Gasteiger partial charge in [0, 0.05) is 11.8 Å². The molecule has 2 heterocycles. The van der Waals surface area contributed by atoms with E-state index < -0.39 is 0 Å². The molecule has 0 aliphatic carbocycles. The molecule has 112 valence electrons. The number of rotatable bonds is 2. The van der Waals surface area contributed by atoms with Crippen LogP contribution in [0.2, 0.25) is 0 Å². The molecule has 0 radical (unpaired) electrons. The van der Waals surface area contributed by atoms with Crippen LogP contribution in [0.1, 0.15) is 16.7 Å². The van der Waals surface area contributed by atoms with Crippen molar-refractivity contribution in [1.82, 2.24) is 9.97 Å². The van der Waals surface area contributed by atoms with Gasteiger partial charge in [-0.25, -0.2) is 4.98 Å². The molecule has 0 bridgehead atoms. The molecule has 0 unspecified atom stereocenters. The summed E-state index contributed by atoms with van der Waals surface area (Å²) < 4.78 is 0. The Hall–Kier alpha value is -3.19. The molecule has 4 heteroatoms. The van der Waals surface area contributed by atoms with Crippen molar-refractivity contribution in [1.29, 1.82) is 5.26 Å². The molecule has 0 atom stereocenters. The number of anilines is 1. The van der Waals surface area contributed by atoms with Gasteiger partial charge >= 0.3 is 0 Å². The fraction of sp³-hybridized carbons (Fsp3) is 0.105. The van der Waals surface area contributed by atoms with Crippen LogP contribution in [0.3, 0.4) is 0 Å². The molecule has 23 heavy (non-hydrogen) atoms. The van der Waals surface area contributed by atoms with E-state index >= 15 is 0 Å². The monoisotopic (exact) mass is 300 g/mol. The molecule has 0 saturated carbocycles. The van der Waals surface area contributed by atoms with Crippen LogP contribution in [-0.2, 0) is 0 Å². The molecule has 0 amide bonds. The molecule has 3 rings (SSSR count). The zero-order valence-electron chi connectivity index (χ0n) is 13.0. The van der Waals surface area contributed by atoms with Crippen molar-refractivity contribution in [2.45, 2.75) is 13.8 Å². The summed E-state index contributed by atoms with van der Waals surface area (Å²) in [6.07, 6.45) is 1.71. The highest BCUT2D eigenvalue weighted by atomic mass is 14.9. The first-order valence-electron chi connectivity index (χ1n) is 7.30. The lowest BCUT2D eigenvalue weighted by Gasteiger charge is -2.12. The molecule has 0 aliphatic heterocycles. The van der Waals surface area contributed by atoms with Gasteiger partial charge in [0.15, 0.2) is 0 Å². The van der Waals surface area contributed by atoms with Crippen molar-refractivity contribution in [3.05, 3.63) is 65.4 Å². The lowest BCUT2D eigenvalue weighted by Crippen LogP contribution is -2.01. The maximum atomic E-state index is 9.48. The van der Waals surface area contributed by atoms with Crippen molar-refractivity contribution < 1.29 is 0 Å². The zero-order valence-corrected chi connectivity index (χ0v) is 13.0. The minimum Gasteiger partial charge on any atom is -0.383 e. The summed E-state index contributed by atoms with van der Waals surface area (Å²) in [5.74, 6) is 0.227. The van der Waals surface area contributed by atoms with Gasteiger partial charge in [-0.05, 0) is 43.2 Å². The topological polar surface area (TPSA) is 75.6 Å². The Morgan fingerprint density at radius 3 is 2.48 bits per heavy atom. The molecule has 0 saturated heterocycles. The smallest absolute Gasteiger partial charge is 0.142 e.